The summed E-state index contributed by atoms with van der Waals surface area (Å²) in [6.07, 6.45) is 0. The van der Waals surface area contributed by atoms with Gasteiger partial charge in [0, 0.05) is 30.6 Å². The molecule has 132 valence electrons. The Hall–Kier alpha value is -1.60. The van der Waals surface area contributed by atoms with Gasteiger partial charge in [0.25, 0.3) is 0 Å². The number of rotatable bonds is 9. The molecular weight excluding hydrogens is 349 g/mol. The van der Waals surface area contributed by atoms with Crippen LogP contribution in [0.25, 0.3) is 0 Å². The van der Waals surface area contributed by atoms with E-state index in [0.29, 0.717) is 19.1 Å². The normalized spacial score (nSPS) is 11.3. The molecule has 0 aliphatic carbocycles. The zero-order valence-corrected chi connectivity index (χ0v) is 15.9. The Labute approximate surface area is 147 Å². The van der Waals surface area contributed by atoms with E-state index in [-0.39, 0.29) is 0 Å². The van der Waals surface area contributed by atoms with Crippen molar-refractivity contribution in [1.82, 2.24) is 9.78 Å². The van der Waals surface area contributed by atoms with Gasteiger partial charge in [-0.15, -0.1) is 5.10 Å². The smallest absolute Gasteiger partial charge is 0.381 e. The zero-order valence-electron chi connectivity index (χ0n) is 14.2. The molecule has 1 N–H and O–H groups in total. The van der Waals surface area contributed by atoms with Crippen LogP contribution in [0.4, 0.5) is 11.5 Å². The van der Waals surface area contributed by atoms with Gasteiger partial charge in [-0.05, 0) is 38.1 Å². The molecule has 0 aliphatic rings. The Balaban J connectivity index is 2.12. The highest BCUT2D eigenvalue weighted by molar-refractivity contribution is 8.07. The predicted molar refractivity (Wildman–Crippen MR) is 97.6 cm³/mol. The largest absolute Gasteiger partial charge is 0.497 e. The molecule has 0 radical (unpaired) electrons. The van der Waals surface area contributed by atoms with Crippen LogP contribution in [0.2, 0.25) is 0 Å². The number of hydrogen-bond donors (Lipinski definition) is 1. The number of anilines is 2. The molecule has 1 heterocycles. The van der Waals surface area contributed by atoms with Crippen LogP contribution < -0.4 is 14.6 Å². The molecule has 1 aromatic heterocycles. The average molecular weight is 371 g/mol. The summed E-state index contributed by atoms with van der Waals surface area (Å²) in [5.41, 5.74) is 0.902. The Morgan fingerprint density at radius 2 is 1.79 bits per heavy atom. The minimum absolute atomic E-state index is 0.360. The van der Waals surface area contributed by atoms with E-state index in [2.05, 4.69) is 10.4 Å². The van der Waals surface area contributed by atoms with Gasteiger partial charge >= 0.3 is 6.72 Å². The molecule has 0 atom stereocenters. The van der Waals surface area contributed by atoms with E-state index in [0.717, 1.165) is 17.3 Å². The topological polar surface area (TPSA) is 66.8 Å². The molecule has 7 nitrogen and oxygen atoms in total. The minimum Gasteiger partial charge on any atom is -0.497 e. The van der Waals surface area contributed by atoms with Crippen molar-refractivity contribution in [2.24, 2.45) is 7.05 Å². The highest BCUT2D eigenvalue weighted by Gasteiger charge is 2.23. The summed E-state index contributed by atoms with van der Waals surface area (Å²) >= 11 is 5.35. The number of hydrogen-bond acceptors (Lipinski definition) is 7. The number of aryl methyl sites for hydroxylation is 1. The van der Waals surface area contributed by atoms with Crippen LogP contribution in [-0.2, 0) is 27.9 Å². The standard InChI is InChI=1S/C15H22N3O4PS/c1-5-20-23(24,21-6-2)22-15-11-14(18(3)17-15)16-12-7-9-13(19-4)10-8-12/h7-11,16H,5-6H2,1-4H3. The fourth-order valence-corrected chi connectivity index (χ4v) is 3.94. The second kappa shape index (κ2) is 8.48. The van der Waals surface area contributed by atoms with E-state index in [1.165, 1.54) is 0 Å². The first-order chi connectivity index (χ1) is 11.5. The molecule has 0 unspecified atom stereocenters. The van der Waals surface area contributed by atoms with Crippen LogP contribution in [0.3, 0.4) is 0 Å². The number of aromatic nitrogens is 2. The molecule has 0 saturated heterocycles. The van der Waals surface area contributed by atoms with Gasteiger partial charge in [-0.25, -0.2) is 4.68 Å². The summed E-state index contributed by atoms with van der Waals surface area (Å²) in [5.74, 6) is 1.91. The number of nitrogens with zero attached hydrogens (tertiary/aromatic N) is 2. The SMILES string of the molecule is CCOP(=S)(OCC)Oc1cc(Nc2ccc(OC)cc2)n(C)n1. The van der Waals surface area contributed by atoms with Crippen molar-refractivity contribution < 1.29 is 18.3 Å². The first-order valence-electron chi connectivity index (χ1n) is 7.53. The molecule has 2 aromatic rings. The summed E-state index contributed by atoms with van der Waals surface area (Å²) in [5, 5.41) is 7.55. The Morgan fingerprint density at radius 1 is 1.17 bits per heavy atom. The van der Waals surface area contributed by atoms with Gasteiger partial charge in [0.05, 0.1) is 20.3 Å². The van der Waals surface area contributed by atoms with Crippen LogP contribution in [0, 0.1) is 0 Å². The number of methoxy groups -OCH3 is 1. The second-order valence-electron chi connectivity index (χ2n) is 4.72. The van der Waals surface area contributed by atoms with Crippen molar-refractivity contribution >= 4 is 30.0 Å². The van der Waals surface area contributed by atoms with E-state index in [1.807, 2.05) is 45.2 Å². The van der Waals surface area contributed by atoms with E-state index in [1.54, 1.807) is 17.9 Å². The highest BCUT2D eigenvalue weighted by atomic mass is 32.5. The average Bonchev–Trinajstić information content (AvgIpc) is 2.87. The molecule has 2 rings (SSSR count). The summed E-state index contributed by atoms with van der Waals surface area (Å²) in [6.45, 7) is 1.70. The molecule has 1 aromatic carbocycles. The van der Waals surface area contributed by atoms with Crippen molar-refractivity contribution in [2.75, 3.05) is 25.6 Å². The summed E-state index contributed by atoms with van der Waals surface area (Å²) in [4.78, 5) is 0. The lowest BCUT2D eigenvalue weighted by molar-refractivity contribution is 0.215. The summed E-state index contributed by atoms with van der Waals surface area (Å²) in [6, 6.07) is 9.33. The molecule has 0 aliphatic heterocycles. The summed E-state index contributed by atoms with van der Waals surface area (Å²) in [7, 11) is 3.44. The van der Waals surface area contributed by atoms with Crippen molar-refractivity contribution in [2.45, 2.75) is 13.8 Å². The van der Waals surface area contributed by atoms with Crippen molar-refractivity contribution in [3.63, 3.8) is 0 Å². The number of ether oxygens (including phenoxy) is 1. The van der Waals surface area contributed by atoms with E-state index < -0.39 is 6.72 Å². The predicted octanol–water partition coefficient (Wildman–Crippen LogP) is 3.85. The maximum atomic E-state index is 5.71. The molecule has 0 fully saturated rings. The third-order valence-electron chi connectivity index (χ3n) is 3.00. The van der Waals surface area contributed by atoms with Crippen LogP contribution >= 0.6 is 6.72 Å². The van der Waals surface area contributed by atoms with Gasteiger partial charge in [-0.3, -0.25) is 9.05 Å². The van der Waals surface area contributed by atoms with E-state index >= 15 is 0 Å². The van der Waals surface area contributed by atoms with Crippen LogP contribution in [-0.4, -0.2) is 30.1 Å². The van der Waals surface area contributed by atoms with Gasteiger partial charge in [0.1, 0.15) is 11.6 Å². The maximum absolute atomic E-state index is 5.71. The van der Waals surface area contributed by atoms with Crippen LogP contribution in [0.15, 0.2) is 30.3 Å². The van der Waals surface area contributed by atoms with E-state index in [9.17, 15) is 0 Å². The third-order valence-corrected chi connectivity index (χ3v) is 5.42. The summed E-state index contributed by atoms with van der Waals surface area (Å²) < 4.78 is 23.4. The fraction of sp³-hybridized carbons (Fsp3) is 0.400. The number of nitrogens with one attached hydrogen (secondary N) is 1. The fourth-order valence-electron chi connectivity index (χ4n) is 1.95. The van der Waals surface area contributed by atoms with Gasteiger partial charge in [0.15, 0.2) is 0 Å². The quantitative estimate of drug-likeness (QED) is 0.672. The van der Waals surface area contributed by atoms with Gasteiger partial charge < -0.3 is 14.6 Å². The lowest BCUT2D eigenvalue weighted by Crippen LogP contribution is -2.02. The molecule has 0 amide bonds. The van der Waals surface area contributed by atoms with Gasteiger partial charge in [-0.2, -0.15) is 0 Å². The van der Waals surface area contributed by atoms with Gasteiger partial charge in [0.2, 0.25) is 5.88 Å². The second-order valence-corrected chi connectivity index (χ2v) is 7.65. The van der Waals surface area contributed by atoms with Gasteiger partial charge in [-0.1, -0.05) is 0 Å². The highest BCUT2D eigenvalue weighted by Crippen LogP contribution is 2.49. The van der Waals surface area contributed by atoms with Crippen molar-refractivity contribution in [1.29, 1.82) is 0 Å². The van der Waals surface area contributed by atoms with Crippen molar-refractivity contribution in [3.8, 4) is 11.6 Å². The first-order valence-corrected chi connectivity index (χ1v) is 10.1. The lowest BCUT2D eigenvalue weighted by Gasteiger charge is -2.19. The third kappa shape index (κ3) is 4.95. The lowest BCUT2D eigenvalue weighted by atomic mass is 10.3. The molecular formula is C15H22N3O4PS. The van der Waals surface area contributed by atoms with Crippen LogP contribution in [0.5, 0.6) is 11.6 Å². The van der Waals surface area contributed by atoms with E-state index in [4.69, 9.17) is 30.1 Å². The number of benzene rings is 1. The first kappa shape index (κ1) is 18.7. The Kier molecular flexibility index (Phi) is 6.62. The Bertz CT molecular complexity index is 695. The minimum atomic E-state index is -2.83. The molecule has 9 heteroatoms. The molecule has 0 bridgehead atoms. The zero-order chi connectivity index (χ0) is 17.6. The van der Waals surface area contributed by atoms with Crippen LogP contribution in [0.1, 0.15) is 13.8 Å². The van der Waals surface area contributed by atoms with Crippen molar-refractivity contribution in [3.05, 3.63) is 30.3 Å². The molecule has 0 saturated carbocycles. The molecule has 24 heavy (non-hydrogen) atoms. The monoisotopic (exact) mass is 371 g/mol. The maximum Gasteiger partial charge on any atom is 0.381 e. The molecule has 0 spiro atoms. The Morgan fingerprint density at radius 3 is 2.33 bits per heavy atom.